The van der Waals surface area contributed by atoms with Crippen molar-refractivity contribution in [3.8, 4) is 0 Å². The Hall–Kier alpha value is -2.36. The summed E-state index contributed by atoms with van der Waals surface area (Å²) < 4.78 is 49.0. The van der Waals surface area contributed by atoms with Crippen molar-refractivity contribution in [1.29, 1.82) is 0 Å². The Morgan fingerprint density at radius 3 is 2.39 bits per heavy atom. The smallest absolute Gasteiger partial charge is 0.448 e. The number of esters is 1. The maximum Gasteiger partial charge on any atom is 0.448 e. The topological polar surface area (TPSA) is 89.5 Å². The Kier molecular flexibility index (Phi) is 6.31. The number of carbonyl (C=O) groups is 2. The zero-order chi connectivity index (χ0) is 17.5. The molecule has 1 aromatic heterocycles. The van der Waals surface area contributed by atoms with Crippen LogP contribution < -0.4 is 10.6 Å². The molecule has 1 atom stereocenters. The van der Waals surface area contributed by atoms with Crippen LogP contribution >= 0.6 is 0 Å². The molecule has 1 heterocycles. The van der Waals surface area contributed by atoms with Crippen molar-refractivity contribution >= 4 is 17.8 Å². The Bertz CT molecular complexity index is 539. The average molecular weight is 335 g/mol. The van der Waals surface area contributed by atoms with E-state index in [2.05, 4.69) is 19.8 Å². The van der Waals surface area contributed by atoms with Gasteiger partial charge >= 0.3 is 23.9 Å². The molecule has 0 aliphatic rings. The van der Waals surface area contributed by atoms with E-state index < -0.39 is 30.5 Å². The van der Waals surface area contributed by atoms with E-state index in [1.165, 1.54) is 37.5 Å². The van der Waals surface area contributed by atoms with Crippen LogP contribution in [0.4, 0.5) is 23.8 Å². The van der Waals surface area contributed by atoms with E-state index in [0.29, 0.717) is 0 Å². The van der Waals surface area contributed by atoms with Gasteiger partial charge in [-0.25, -0.2) is 14.6 Å². The van der Waals surface area contributed by atoms with E-state index in [9.17, 15) is 22.8 Å². The number of hydrogen-bond donors (Lipinski definition) is 2. The fraction of sp³-hybridized carbons (Fsp3) is 0.462. The number of anilines is 1. The SMILES string of the molecule is CCOC(=O)C(NC(=O)Nc1ccccn1)(OCC)C(F)(F)F. The van der Waals surface area contributed by atoms with E-state index >= 15 is 0 Å². The summed E-state index contributed by atoms with van der Waals surface area (Å²) in [6.07, 6.45) is -3.89. The molecule has 0 aliphatic carbocycles. The van der Waals surface area contributed by atoms with E-state index in [4.69, 9.17) is 0 Å². The van der Waals surface area contributed by atoms with Crippen molar-refractivity contribution in [2.24, 2.45) is 0 Å². The van der Waals surface area contributed by atoms with Crippen LogP contribution in [0.2, 0.25) is 0 Å². The van der Waals surface area contributed by atoms with Gasteiger partial charge in [-0.2, -0.15) is 13.2 Å². The summed E-state index contributed by atoms with van der Waals surface area (Å²) >= 11 is 0. The third-order valence-electron chi connectivity index (χ3n) is 2.52. The highest BCUT2D eigenvalue weighted by Crippen LogP contribution is 2.33. The molecule has 0 saturated heterocycles. The Morgan fingerprint density at radius 2 is 1.91 bits per heavy atom. The van der Waals surface area contributed by atoms with Crippen LogP contribution in [0.15, 0.2) is 24.4 Å². The van der Waals surface area contributed by atoms with E-state index in [-0.39, 0.29) is 12.4 Å². The van der Waals surface area contributed by atoms with Gasteiger partial charge in [0.1, 0.15) is 5.82 Å². The van der Waals surface area contributed by atoms with Crippen LogP contribution in [0.1, 0.15) is 13.8 Å². The number of pyridine rings is 1. The summed E-state index contributed by atoms with van der Waals surface area (Å²) in [6.45, 7) is 1.78. The first kappa shape index (κ1) is 18.7. The number of halogens is 3. The maximum atomic E-state index is 13.4. The molecule has 128 valence electrons. The van der Waals surface area contributed by atoms with Crippen molar-refractivity contribution in [2.75, 3.05) is 18.5 Å². The quantitative estimate of drug-likeness (QED) is 0.613. The summed E-state index contributed by atoms with van der Waals surface area (Å²) in [7, 11) is 0. The first-order valence-electron chi connectivity index (χ1n) is 6.65. The van der Waals surface area contributed by atoms with Crippen LogP contribution in [-0.4, -0.2) is 42.1 Å². The lowest BCUT2D eigenvalue weighted by atomic mass is 10.2. The number of amides is 2. The molecule has 1 rings (SSSR count). The molecule has 0 aromatic carbocycles. The molecule has 2 amide bonds. The Morgan fingerprint density at radius 1 is 1.22 bits per heavy atom. The molecule has 0 fully saturated rings. The summed E-state index contributed by atoms with van der Waals surface area (Å²) in [5.74, 6) is -1.76. The molecule has 0 radical (unpaired) electrons. The highest BCUT2D eigenvalue weighted by Gasteiger charge is 2.64. The van der Waals surface area contributed by atoms with Crippen molar-refractivity contribution in [2.45, 2.75) is 25.7 Å². The summed E-state index contributed by atoms with van der Waals surface area (Å²) in [4.78, 5) is 27.3. The molecular weight excluding hydrogens is 319 g/mol. The Labute approximate surface area is 130 Å². The van der Waals surface area contributed by atoms with Crippen LogP contribution in [0, 0.1) is 0 Å². The van der Waals surface area contributed by atoms with Crippen molar-refractivity contribution in [3.63, 3.8) is 0 Å². The first-order chi connectivity index (χ1) is 10.8. The van der Waals surface area contributed by atoms with Gasteiger partial charge in [0.05, 0.1) is 6.61 Å². The van der Waals surface area contributed by atoms with E-state index in [1.807, 2.05) is 0 Å². The zero-order valence-electron chi connectivity index (χ0n) is 12.4. The van der Waals surface area contributed by atoms with Gasteiger partial charge in [-0.1, -0.05) is 6.07 Å². The van der Waals surface area contributed by atoms with Crippen LogP contribution in [0.3, 0.4) is 0 Å². The number of nitrogens with one attached hydrogen (secondary N) is 2. The lowest BCUT2D eigenvalue weighted by molar-refractivity contribution is -0.282. The standard InChI is InChI=1S/C13H16F3N3O4/c1-3-22-10(20)12(23-4-2,13(14,15)16)19-11(21)18-9-7-5-6-8-17-9/h5-8H,3-4H2,1-2H3,(H2,17,18,19,21). The lowest BCUT2D eigenvalue weighted by Gasteiger charge is -2.33. The second-order valence-electron chi connectivity index (χ2n) is 4.13. The lowest BCUT2D eigenvalue weighted by Crippen LogP contribution is -2.67. The number of carbonyl (C=O) groups excluding carboxylic acids is 2. The molecule has 0 aliphatic heterocycles. The molecule has 0 spiro atoms. The highest BCUT2D eigenvalue weighted by atomic mass is 19.4. The van der Waals surface area contributed by atoms with Gasteiger partial charge in [0, 0.05) is 12.8 Å². The predicted molar refractivity (Wildman–Crippen MR) is 73.4 cm³/mol. The van der Waals surface area contributed by atoms with Gasteiger partial charge in [0.25, 0.3) is 0 Å². The fourth-order valence-electron chi connectivity index (χ4n) is 1.61. The number of nitrogens with zero attached hydrogens (tertiary/aromatic N) is 1. The first-order valence-corrected chi connectivity index (χ1v) is 6.65. The summed E-state index contributed by atoms with van der Waals surface area (Å²) in [6, 6.07) is 3.12. The minimum absolute atomic E-state index is 0.00133. The third-order valence-corrected chi connectivity index (χ3v) is 2.52. The molecule has 2 N–H and O–H groups in total. The normalized spacial score (nSPS) is 13.8. The number of hydrogen-bond acceptors (Lipinski definition) is 5. The second kappa shape index (κ2) is 7.77. The van der Waals surface area contributed by atoms with Gasteiger partial charge in [-0.05, 0) is 26.0 Å². The van der Waals surface area contributed by atoms with Gasteiger partial charge in [-0.3, -0.25) is 10.6 Å². The number of urea groups is 1. The fourth-order valence-corrected chi connectivity index (χ4v) is 1.61. The average Bonchev–Trinajstić information content (AvgIpc) is 2.46. The van der Waals surface area contributed by atoms with Gasteiger partial charge in [0.15, 0.2) is 0 Å². The molecule has 0 bridgehead atoms. The number of alkyl halides is 3. The van der Waals surface area contributed by atoms with Gasteiger partial charge in [-0.15, -0.1) is 0 Å². The summed E-state index contributed by atoms with van der Waals surface area (Å²) in [5, 5.41) is 3.57. The highest BCUT2D eigenvalue weighted by molar-refractivity contribution is 5.93. The third kappa shape index (κ3) is 4.55. The molecule has 10 heteroatoms. The minimum atomic E-state index is -5.23. The van der Waals surface area contributed by atoms with Crippen LogP contribution in [-0.2, 0) is 14.3 Å². The minimum Gasteiger partial charge on any atom is -0.462 e. The molecule has 7 nitrogen and oxygen atoms in total. The molecule has 1 aromatic rings. The van der Waals surface area contributed by atoms with E-state index in [0.717, 1.165) is 0 Å². The van der Waals surface area contributed by atoms with Crippen LogP contribution in [0.25, 0.3) is 0 Å². The number of rotatable bonds is 6. The van der Waals surface area contributed by atoms with Crippen molar-refractivity contribution in [1.82, 2.24) is 10.3 Å². The van der Waals surface area contributed by atoms with Crippen molar-refractivity contribution < 1.29 is 32.2 Å². The molecule has 23 heavy (non-hydrogen) atoms. The number of ether oxygens (including phenoxy) is 2. The zero-order valence-corrected chi connectivity index (χ0v) is 12.4. The van der Waals surface area contributed by atoms with Gasteiger partial charge in [0.2, 0.25) is 0 Å². The van der Waals surface area contributed by atoms with Crippen LogP contribution in [0.5, 0.6) is 0 Å². The maximum absolute atomic E-state index is 13.4. The molecule has 0 saturated carbocycles. The largest absolute Gasteiger partial charge is 0.462 e. The van der Waals surface area contributed by atoms with Crippen molar-refractivity contribution in [3.05, 3.63) is 24.4 Å². The monoisotopic (exact) mass is 335 g/mol. The Balaban J connectivity index is 3.03. The predicted octanol–water partition coefficient (Wildman–Crippen LogP) is 2.06. The number of aromatic nitrogens is 1. The second-order valence-corrected chi connectivity index (χ2v) is 4.13. The van der Waals surface area contributed by atoms with Gasteiger partial charge < -0.3 is 9.47 Å². The molecule has 1 unspecified atom stereocenters. The summed E-state index contributed by atoms with van der Waals surface area (Å²) in [5.41, 5.74) is -3.60. The molecular formula is C13H16F3N3O4. The van der Waals surface area contributed by atoms with E-state index in [1.54, 1.807) is 6.07 Å².